The molecule has 4 heteroatoms. The van der Waals surface area contributed by atoms with Gasteiger partial charge in [-0.3, -0.25) is 0 Å². The zero-order valence-corrected chi connectivity index (χ0v) is 9.56. The lowest BCUT2D eigenvalue weighted by Gasteiger charge is -2.22. The molecule has 1 unspecified atom stereocenters. The first-order chi connectivity index (χ1) is 8.21. The van der Waals surface area contributed by atoms with Gasteiger partial charge in [0.15, 0.2) is 0 Å². The molecular formula is C13H12O4. The summed E-state index contributed by atoms with van der Waals surface area (Å²) in [6.07, 6.45) is 0.627. The number of aliphatic hydroxyl groups excluding tert-OH is 1. The van der Waals surface area contributed by atoms with E-state index in [-0.39, 0.29) is 5.57 Å². The average Bonchev–Trinajstić information content (AvgIpc) is 2.37. The minimum atomic E-state index is -1.06. The predicted octanol–water partition coefficient (Wildman–Crippen LogP) is 1.27. The highest BCUT2D eigenvalue weighted by Gasteiger charge is 2.26. The van der Waals surface area contributed by atoms with Crippen molar-refractivity contribution >= 4 is 17.6 Å². The molecule has 1 N–H and O–H groups in total. The molecular weight excluding hydrogens is 220 g/mol. The molecule has 17 heavy (non-hydrogen) atoms. The van der Waals surface area contributed by atoms with Crippen molar-refractivity contribution < 1.29 is 19.4 Å². The van der Waals surface area contributed by atoms with Gasteiger partial charge < -0.3 is 14.6 Å². The smallest absolute Gasteiger partial charge is 0.147 e. The van der Waals surface area contributed by atoms with Gasteiger partial charge in [0, 0.05) is 0 Å². The molecule has 1 atom stereocenters. The van der Waals surface area contributed by atoms with Gasteiger partial charge in [-0.15, -0.1) is 0 Å². The molecule has 0 aromatic heterocycles. The van der Waals surface area contributed by atoms with E-state index >= 15 is 0 Å². The van der Waals surface area contributed by atoms with Gasteiger partial charge in [0.2, 0.25) is 0 Å². The number of benzene rings is 1. The molecule has 88 valence electrons. The number of carbonyl (C=O) groups excluding carboxylic acids is 1. The number of fused-ring (bicyclic) bond motifs is 1. The topological polar surface area (TPSA) is 55.8 Å². The van der Waals surface area contributed by atoms with Gasteiger partial charge in [-0.2, -0.15) is 0 Å². The maximum absolute atomic E-state index is 10.9. The highest BCUT2D eigenvalue weighted by molar-refractivity contribution is 5.96. The first-order valence-electron chi connectivity index (χ1n) is 5.08. The Morgan fingerprint density at radius 1 is 1.29 bits per heavy atom. The molecule has 0 spiro atoms. The Balaban J connectivity index is 2.63. The fraction of sp³-hybridized carbons (Fsp3) is 0.231. The molecule has 1 aliphatic carbocycles. The van der Waals surface area contributed by atoms with Crippen LogP contribution < -0.4 is 4.74 Å². The fourth-order valence-corrected chi connectivity index (χ4v) is 1.84. The van der Waals surface area contributed by atoms with Crippen molar-refractivity contribution in [1.82, 2.24) is 0 Å². The third kappa shape index (κ3) is 1.84. The first-order valence-corrected chi connectivity index (χ1v) is 5.08. The maximum Gasteiger partial charge on any atom is 0.147 e. The van der Waals surface area contributed by atoms with E-state index in [0.29, 0.717) is 17.1 Å². The summed E-state index contributed by atoms with van der Waals surface area (Å²) in [7, 11) is 3.01. The Labute approximate surface area is 98.8 Å². The number of hydrogen-bond donors (Lipinski definition) is 1. The summed E-state index contributed by atoms with van der Waals surface area (Å²) in [4.78, 5) is 10.9. The summed E-state index contributed by atoms with van der Waals surface area (Å²) < 4.78 is 10.1. The van der Waals surface area contributed by atoms with E-state index in [1.54, 1.807) is 37.3 Å². The van der Waals surface area contributed by atoms with Crippen molar-refractivity contribution in [2.45, 2.75) is 6.10 Å². The molecule has 0 saturated heterocycles. The van der Waals surface area contributed by atoms with Gasteiger partial charge in [-0.25, -0.2) is 4.79 Å². The van der Waals surface area contributed by atoms with Gasteiger partial charge in [0.05, 0.1) is 19.8 Å². The summed E-state index contributed by atoms with van der Waals surface area (Å²) in [5.74, 6) is 2.77. The molecule has 2 rings (SSSR count). The van der Waals surface area contributed by atoms with Crippen molar-refractivity contribution in [3.8, 4) is 5.75 Å². The molecule has 0 saturated carbocycles. The van der Waals surface area contributed by atoms with Crippen LogP contribution in [0.4, 0.5) is 0 Å². The van der Waals surface area contributed by atoms with E-state index in [4.69, 9.17) is 9.47 Å². The predicted molar refractivity (Wildman–Crippen MR) is 63.1 cm³/mol. The standard InChI is InChI=1S/C13H12O4/c1-16-9-3-4-10-8(5-9)6-12(17-2)13(15)11(10)7-14/h3-6,13,15H,1-2H3. The molecule has 1 aromatic rings. The summed E-state index contributed by atoms with van der Waals surface area (Å²) in [5.41, 5.74) is 1.60. The quantitative estimate of drug-likeness (QED) is 0.780. The SMILES string of the molecule is COC1=Cc2cc(OC)ccc2C(=C=O)C1O. The largest absolute Gasteiger partial charge is 0.498 e. The Kier molecular flexibility index (Phi) is 3.00. The summed E-state index contributed by atoms with van der Waals surface area (Å²) in [6.45, 7) is 0. The van der Waals surface area contributed by atoms with E-state index in [0.717, 1.165) is 5.56 Å². The number of rotatable bonds is 2. The van der Waals surface area contributed by atoms with Crippen LogP contribution in [0.3, 0.4) is 0 Å². The zero-order chi connectivity index (χ0) is 12.4. The second kappa shape index (κ2) is 4.45. The monoisotopic (exact) mass is 232 g/mol. The molecule has 0 heterocycles. The number of aliphatic hydroxyl groups is 1. The molecule has 0 radical (unpaired) electrons. The molecule has 0 fully saturated rings. The Morgan fingerprint density at radius 2 is 2.06 bits per heavy atom. The fourth-order valence-electron chi connectivity index (χ4n) is 1.84. The summed E-state index contributed by atoms with van der Waals surface area (Å²) in [5, 5.41) is 9.88. The summed E-state index contributed by atoms with van der Waals surface area (Å²) in [6, 6.07) is 5.23. The second-order valence-corrected chi connectivity index (χ2v) is 3.62. The third-order valence-electron chi connectivity index (χ3n) is 2.74. The Bertz CT molecular complexity index is 524. The lowest BCUT2D eigenvalue weighted by atomic mass is 9.90. The van der Waals surface area contributed by atoms with Crippen LogP contribution in [0.1, 0.15) is 11.1 Å². The molecule has 4 nitrogen and oxygen atoms in total. The number of ether oxygens (including phenoxy) is 2. The number of methoxy groups -OCH3 is 2. The third-order valence-corrected chi connectivity index (χ3v) is 2.74. The van der Waals surface area contributed by atoms with E-state index in [1.165, 1.54) is 7.11 Å². The van der Waals surface area contributed by atoms with Crippen molar-refractivity contribution in [3.63, 3.8) is 0 Å². The van der Waals surface area contributed by atoms with E-state index in [2.05, 4.69) is 0 Å². The lowest BCUT2D eigenvalue weighted by molar-refractivity contribution is 0.169. The highest BCUT2D eigenvalue weighted by Crippen LogP contribution is 2.33. The van der Waals surface area contributed by atoms with Crippen LogP contribution >= 0.6 is 0 Å². The molecule has 0 aliphatic heterocycles. The first kappa shape index (κ1) is 11.5. The minimum absolute atomic E-state index is 0.182. The van der Waals surface area contributed by atoms with Gasteiger partial charge >= 0.3 is 0 Å². The van der Waals surface area contributed by atoms with Gasteiger partial charge in [-0.05, 0) is 35.4 Å². The van der Waals surface area contributed by atoms with Gasteiger partial charge in [0.1, 0.15) is 23.6 Å². The van der Waals surface area contributed by atoms with Crippen LogP contribution in [-0.4, -0.2) is 31.4 Å². The van der Waals surface area contributed by atoms with Crippen molar-refractivity contribution in [2.24, 2.45) is 0 Å². The highest BCUT2D eigenvalue weighted by atomic mass is 16.5. The van der Waals surface area contributed by atoms with Crippen LogP contribution in [0.5, 0.6) is 5.75 Å². The normalized spacial score (nSPS) is 17.9. The van der Waals surface area contributed by atoms with Crippen molar-refractivity contribution in [3.05, 3.63) is 35.1 Å². The van der Waals surface area contributed by atoms with Crippen LogP contribution in [0, 0.1) is 0 Å². The maximum atomic E-state index is 10.9. The van der Waals surface area contributed by atoms with E-state index in [1.807, 2.05) is 0 Å². The average molecular weight is 232 g/mol. The Morgan fingerprint density at radius 3 is 2.65 bits per heavy atom. The molecule has 1 aliphatic rings. The van der Waals surface area contributed by atoms with Crippen LogP contribution in [-0.2, 0) is 9.53 Å². The van der Waals surface area contributed by atoms with Gasteiger partial charge in [-0.1, -0.05) is 0 Å². The van der Waals surface area contributed by atoms with E-state index < -0.39 is 6.10 Å². The van der Waals surface area contributed by atoms with Crippen LogP contribution in [0.15, 0.2) is 24.0 Å². The minimum Gasteiger partial charge on any atom is -0.498 e. The number of hydrogen-bond acceptors (Lipinski definition) is 4. The van der Waals surface area contributed by atoms with Crippen LogP contribution in [0.25, 0.3) is 11.6 Å². The zero-order valence-electron chi connectivity index (χ0n) is 9.56. The summed E-state index contributed by atoms with van der Waals surface area (Å²) >= 11 is 0. The Hall–Kier alpha value is -2.03. The van der Waals surface area contributed by atoms with Crippen molar-refractivity contribution in [2.75, 3.05) is 14.2 Å². The van der Waals surface area contributed by atoms with Crippen LogP contribution in [0.2, 0.25) is 0 Å². The lowest BCUT2D eigenvalue weighted by Crippen LogP contribution is -2.19. The molecule has 0 bridgehead atoms. The molecule has 0 amide bonds. The van der Waals surface area contributed by atoms with E-state index in [9.17, 15) is 9.90 Å². The second-order valence-electron chi connectivity index (χ2n) is 3.62. The van der Waals surface area contributed by atoms with Gasteiger partial charge in [0.25, 0.3) is 0 Å². The molecule has 1 aromatic carbocycles. The van der Waals surface area contributed by atoms with Crippen molar-refractivity contribution in [1.29, 1.82) is 0 Å².